The van der Waals surface area contributed by atoms with Gasteiger partial charge >= 0.3 is 0 Å². The van der Waals surface area contributed by atoms with E-state index in [2.05, 4.69) is 0 Å². The van der Waals surface area contributed by atoms with E-state index in [9.17, 15) is 4.39 Å². The Morgan fingerprint density at radius 2 is 1.93 bits per heavy atom. The molecule has 0 aliphatic heterocycles. The van der Waals surface area contributed by atoms with Gasteiger partial charge in [-0.15, -0.1) is 24.8 Å². The van der Waals surface area contributed by atoms with Crippen LogP contribution in [-0.2, 0) is 6.54 Å². The largest absolute Gasteiger partial charge is 0.384 e. The third-order valence-electron chi connectivity index (χ3n) is 1.58. The van der Waals surface area contributed by atoms with E-state index in [0.717, 1.165) is 0 Å². The van der Waals surface area contributed by atoms with Crippen LogP contribution in [0.5, 0.6) is 0 Å². The molecule has 0 aromatic heterocycles. The fourth-order valence-electron chi connectivity index (χ4n) is 0.880. The van der Waals surface area contributed by atoms with Gasteiger partial charge in [0.25, 0.3) is 0 Å². The van der Waals surface area contributed by atoms with Gasteiger partial charge in [0.05, 0.1) is 0 Å². The summed E-state index contributed by atoms with van der Waals surface area (Å²) in [5.74, 6) is -0.553. The second kappa shape index (κ2) is 6.59. The number of hydrogen-bond acceptors (Lipinski definition) is 2. The average molecular weight is 240 g/mol. The van der Waals surface area contributed by atoms with Gasteiger partial charge in [-0.1, -0.05) is 12.1 Å². The van der Waals surface area contributed by atoms with Crippen LogP contribution in [0.1, 0.15) is 11.1 Å². The minimum absolute atomic E-state index is 0. The first-order chi connectivity index (χ1) is 5.65. The molecular formula is C8H12Cl2FN3. The molecule has 0 unspecified atom stereocenters. The molecule has 0 heterocycles. The lowest BCUT2D eigenvalue weighted by Gasteiger charge is -2.01. The van der Waals surface area contributed by atoms with E-state index in [1.54, 1.807) is 6.07 Å². The number of hydrogen-bond donors (Lipinski definition) is 3. The Morgan fingerprint density at radius 1 is 1.36 bits per heavy atom. The van der Waals surface area contributed by atoms with Crippen molar-refractivity contribution in [3.63, 3.8) is 0 Å². The molecule has 0 atom stereocenters. The number of nitrogen functional groups attached to an aromatic ring is 1. The number of nitrogens with two attached hydrogens (primary N) is 2. The highest BCUT2D eigenvalue weighted by molar-refractivity contribution is 5.94. The molecule has 1 aromatic carbocycles. The van der Waals surface area contributed by atoms with Gasteiger partial charge < -0.3 is 11.5 Å². The second-order valence-corrected chi connectivity index (χ2v) is 2.42. The highest BCUT2D eigenvalue weighted by Crippen LogP contribution is 2.08. The second-order valence-electron chi connectivity index (χ2n) is 2.42. The van der Waals surface area contributed by atoms with E-state index in [-0.39, 0.29) is 37.2 Å². The van der Waals surface area contributed by atoms with Crippen LogP contribution in [0, 0.1) is 11.2 Å². The number of benzene rings is 1. The van der Waals surface area contributed by atoms with Crippen molar-refractivity contribution in [1.29, 1.82) is 5.41 Å². The lowest BCUT2D eigenvalue weighted by Crippen LogP contribution is -2.12. The predicted molar refractivity (Wildman–Crippen MR) is 59.8 cm³/mol. The highest BCUT2D eigenvalue weighted by Gasteiger charge is 2.02. The Labute approximate surface area is 94.0 Å². The Hall–Kier alpha value is -0.840. The van der Waals surface area contributed by atoms with Crippen molar-refractivity contribution < 1.29 is 4.39 Å². The summed E-state index contributed by atoms with van der Waals surface area (Å²) in [6, 6.07) is 4.32. The summed E-state index contributed by atoms with van der Waals surface area (Å²) in [6.07, 6.45) is 0. The lowest BCUT2D eigenvalue weighted by molar-refractivity contribution is 0.610. The van der Waals surface area contributed by atoms with Crippen LogP contribution in [0.2, 0.25) is 0 Å². The first-order valence-corrected chi connectivity index (χ1v) is 3.48. The van der Waals surface area contributed by atoms with E-state index >= 15 is 0 Å². The van der Waals surface area contributed by atoms with E-state index < -0.39 is 5.82 Å². The molecule has 0 saturated carbocycles. The molecule has 3 nitrogen and oxygen atoms in total. The molecule has 0 aliphatic carbocycles. The van der Waals surface area contributed by atoms with Gasteiger partial charge in [0, 0.05) is 17.7 Å². The van der Waals surface area contributed by atoms with Gasteiger partial charge in [-0.3, -0.25) is 5.41 Å². The highest BCUT2D eigenvalue weighted by atomic mass is 35.5. The smallest absolute Gasteiger partial charge is 0.128 e. The van der Waals surface area contributed by atoms with Gasteiger partial charge in [-0.05, 0) is 6.07 Å². The van der Waals surface area contributed by atoms with Crippen molar-refractivity contribution in [2.45, 2.75) is 6.54 Å². The minimum atomic E-state index is -0.412. The topological polar surface area (TPSA) is 75.9 Å². The first kappa shape index (κ1) is 15.6. The molecule has 0 spiro atoms. The maximum Gasteiger partial charge on any atom is 0.128 e. The van der Waals surface area contributed by atoms with Gasteiger partial charge in [-0.2, -0.15) is 0 Å². The first-order valence-electron chi connectivity index (χ1n) is 3.48. The van der Waals surface area contributed by atoms with E-state index in [0.29, 0.717) is 11.1 Å². The van der Waals surface area contributed by atoms with Gasteiger partial charge in [0.1, 0.15) is 11.7 Å². The number of nitrogens with one attached hydrogen (secondary N) is 1. The van der Waals surface area contributed by atoms with Gasteiger partial charge in [0.15, 0.2) is 0 Å². The van der Waals surface area contributed by atoms with Crippen LogP contribution in [0.25, 0.3) is 0 Å². The van der Waals surface area contributed by atoms with Crippen LogP contribution in [0.4, 0.5) is 4.39 Å². The van der Waals surface area contributed by atoms with Crippen molar-refractivity contribution in [3.05, 3.63) is 35.1 Å². The summed E-state index contributed by atoms with van der Waals surface area (Å²) in [5, 5.41) is 7.04. The van der Waals surface area contributed by atoms with Crippen LogP contribution < -0.4 is 11.5 Å². The fourth-order valence-corrected chi connectivity index (χ4v) is 0.880. The molecule has 1 aromatic rings. The Bertz CT molecular complexity index is 317. The molecule has 6 heteroatoms. The molecule has 0 bridgehead atoms. The molecule has 1 rings (SSSR count). The lowest BCUT2D eigenvalue weighted by atomic mass is 10.1. The summed E-state index contributed by atoms with van der Waals surface area (Å²) in [6.45, 7) is 0.157. The average Bonchev–Trinajstić information content (AvgIpc) is 2.04. The molecular weight excluding hydrogens is 228 g/mol. The predicted octanol–water partition coefficient (Wildman–Crippen LogP) is 1.41. The Balaban J connectivity index is 0. The maximum atomic E-state index is 13.0. The van der Waals surface area contributed by atoms with Gasteiger partial charge in [0.2, 0.25) is 0 Å². The quantitative estimate of drug-likeness (QED) is 0.540. The van der Waals surface area contributed by atoms with Crippen molar-refractivity contribution in [1.82, 2.24) is 0 Å². The van der Waals surface area contributed by atoms with Gasteiger partial charge in [-0.25, -0.2) is 4.39 Å². The summed E-state index contributed by atoms with van der Waals surface area (Å²) < 4.78 is 13.0. The summed E-state index contributed by atoms with van der Waals surface area (Å²) in [5.41, 5.74) is 11.2. The van der Waals surface area contributed by atoms with E-state index in [4.69, 9.17) is 16.9 Å². The zero-order chi connectivity index (χ0) is 9.14. The molecule has 0 radical (unpaired) electrons. The molecule has 14 heavy (non-hydrogen) atoms. The van der Waals surface area contributed by atoms with Crippen molar-refractivity contribution in [2.75, 3.05) is 0 Å². The standard InChI is InChI=1S/C8H10FN3.2ClH/c9-7-3-5(8(11)12)1-2-6(7)4-10;;/h1-3H,4,10H2,(H3,11,12);2*1H. The number of halogens is 3. The van der Waals surface area contributed by atoms with Crippen LogP contribution >= 0.6 is 24.8 Å². The minimum Gasteiger partial charge on any atom is -0.384 e. The molecule has 0 saturated heterocycles. The molecule has 0 amide bonds. The third kappa shape index (κ3) is 3.49. The fraction of sp³-hybridized carbons (Fsp3) is 0.125. The summed E-state index contributed by atoms with van der Waals surface area (Å²) in [7, 11) is 0. The maximum absolute atomic E-state index is 13.0. The van der Waals surface area contributed by atoms with Crippen LogP contribution in [0.3, 0.4) is 0 Å². The number of amidine groups is 1. The van der Waals surface area contributed by atoms with E-state index in [1.807, 2.05) is 0 Å². The van der Waals surface area contributed by atoms with Crippen molar-refractivity contribution in [2.24, 2.45) is 11.5 Å². The van der Waals surface area contributed by atoms with Crippen molar-refractivity contribution in [3.8, 4) is 0 Å². The molecule has 5 N–H and O–H groups in total. The van der Waals surface area contributed by atoms with E-state index in [1.165, 1.54) is 12.1 Å². The van der Waals surface area contributed by atoms with Crippen LogP contribution in [-0.4, -0.2) is 5.84 Å². The monoisotopic (exact) mass is 239 g/mol. The molecule has 0 aliphatic rings. The van der Waals surface area contributed by atoms with Crippen LogP contribution in [0.15, 0.2) is 18.2 Å². The third-order valence-corrected chi connectivity index (χ3v) is 1.58. The summed E-state index contributed by atoms with van der Waals surface area (Å²) >= 11 is 0. The van der Waals surface area contributed by atoms with Crippen molar-refractivity contribution >= 4 is 30.6 Å². The Morgan fingerprint density at radius 3 is 2.29 bits per heavy atom. The SMILES string of the molecule is Cl.Cl.N=C(N)c1ccc(CN)c(F)c1. The zero-order valence-electron chi connectivity index (χ0n) is 7.29. The Kier molecular flexibility index (Phi) is 7.35. The normalized spacial score (nSPS) is 8.43. The zero-order valence-corrected chi connectivity index (χ0v) is 8.92. The summed E-state index contributed by atoms with van der Waals surface area (Å²) in [4.78, 5) is 0. The molecule has 0 fully saturated rings. The molecule has 80 valence electrons. The number of rotatable bonds is 2.